The monoisotopic (exact) mass is 277 g/mol. The lowest BCUT2D eigenvalue weighted by Gasteiger charge is -2.27. The van der Waals surface area contributed by atoms with E-state index in [-0.39, 0.29) is 0 Å². The topological polar surface area (TPSA) is 44.3 Å². The molecule has 20 heavy (non-hydrogen) atoms. The Bertz CT molecular complexity index is 390. The van der Waals surface area contributed by atoms with Crippen molar-refractivity contribution in [3.63, 3.8) is 0 Å². The molecule has 1 N–H and O–H groups in total. The highest BCUT2D eigenvalue weighted by molar-refractivity contribution is 5.40. The summed E-state index contributed by atoms with van der Waals surface area (Å²) in [6.07, 6.45) is 3.64. The Kier molecular flexibility index (Phi) is 5.73. The zero-order chi connectivity index (χ0) is 14.4. The summed E-state index contributed by atoms with van der Waals surface area (Å²) in [5, 5.41) is 12.1. The van der Waals surface area contributed by atoms with Crippen LogP contribution in [0.3, 0.4) is 0 Å². The van der Waals surface area contributed by atoms with E-state index in [1.54, 1.807) is 0 Å². The summed E-state index contributed by atoms with van der Waals surface area (Å²) in [6.45, 7) is 6.19. The van der Waals surface area contributed by atoms with Gasteiger partial charge in [-0.15, -0.1) is 5.10 Å². The van der Waals surface area contributed by atoms with Crippen LogP contribution in [0.1, 0.15) is 31.9 Å². The van der Waals surface area contributed by atoms with E-state index in [1.807, 2.05) is 0 Å². The van der Waals surface area contributed by atoms with E-state index in [0.29, 0.717) is 6.04 Å². The van der Waals surface area contributed by atoms with E-state index in [4.69, 9.17) is 0 Å². The molecule has 2 heterocycles. The largest absolute Gasteiger partial charge is 0.351 e. The zero-order valence-electron chi connectivity index (χ0n) is 13.0. The molecule has 0 radical (unpaired) electrons. The first-order valence-electron chi connectivity index (χ1n) is 7.65. The van der Waals surface area contributed by atoms with Gasteiger partial charge in [0, 0.05) is 25.7 Å². The molecule has 112 valence electrons. The molecule has 0 amide bonds. The van der Waals surface area contributed by atoms with E-state index >= 15 is 0 Å². The summed E-state index contributed by atoms with van der Waals surface area (Å²) in [5.74, 6) is 1.02. The van der Waals surface area contributed by atoms with Crippen molar-refractivity contribution in [1.29, 1.82) is 0 Å². The molecule has 0 aromatic carbocycles. The SMILES string of the molecule is CCCNCc1ccc(N2CCCC2CN(C)C)nn1. The molecule has 1 unspecified atom stereocenters. The van der Waals surface area contributed by atoms with Gasteiger partial charge in [-0.05, 0) is 52.0 Å². The minimum Gasteiger partial charge on any atom is -0.351 e. The number of nitrogens with zero attached hydrogens (tertiary/aromatic N) is 4. The highest BCUT2D eigenvalue weighted by Gasteiger charge is 2.26. The number of likely N-dealkylation sites (N-methyl/N-ethyl adjacent to an activating group) is 1. The third-order valence-electron chi connectivity index (χ3n) is 3.69. The molecule has 5 nitrogen and oxygen atoms in total. The van der Waals surface area contributed by atoms with Crippen LogP contribution in [0.15, 0.2) is 12.1 Å². The molecule has 1 fully saturated rings. The molecular weight excluding hydrogens is 250 g/mol. The van der Waals surface area contributed by atoms with Gasteiger partial charge in [0.25, 0.3) is 0 Å². The van der Waals surface area contributed by atoms with Crippen LogP contribution in [0.4, 0.5) is 5.82 Å². The first-order valence-corrected chi connectivity index (χ1v) is 7.65. The summed E-state index contributed by atoms with van der Waals surface area (Å²) in [4.78, 5) is 4.65. The summed E-state index contributed by atoms with van der Waals surface area (Å²) in [5.41, 5.74) is 1.02. The number of rotatable bonds is 7. The molecule has 1 aromatic rings. The first-order chi connectivity index (χ1) is 9.70. The smallest absolute Gasteiger partial charge is 0.151 e. The lowest BCUT2D eigenvalue weighted by molar-refractivity contribution is 0.371. The molecule has 5 heteroatoms. The van der Waals surface area contributed by atoms with Gasteiger partial charge in [-0.25, -0.2) is 0 Å². The van der Waals surface area contributed by atoms with Gasteiger partial charge < -0.3 is 15.1 Å². The van der Waals surface area contributed by atoms with Crippen LogP contribution in [0.25, 0.3) is 0 Å². The van der Waals surface area contributed by atoms with E-state index in [1.165, 1.54) is 12.8 Å². The van der Waals surface area contributed by atoms with Crippen LogP contribution in [0, 0.1) is 0 Å². The first kappa shape index (κ1) is 15.2. The third-order valence-corrected chi connectivity index (χ3v) is 3.69. The van der Waals surface area contributed by atoms with Crippen LogP contribution in [0.2, 0.25) is 0 Å². The van der Waals surface area contributed by atoms with E-state index in [0.717, 1.165) is 44.1 Å². The van der Waals surface area contributed by atoms with Gasteiger partial charge in [-0.1, -0.05) is 6.92 Å². The highest BCUT2D eigenvalue weighted by atomic mass is 15.3. The fraction of sp³-hybridized carbons (Fsp3) is 0.733. The standard InChI is InChI=1S/C15H27N5/c1-4-9-16-11-13-7-8-15(18-17-13)20-10-5-6-14(20)12-19(2)3/h7-8,14,16H,4-6,9-12H2,1-3H3. The van der Waals surface area contributed by atoms with Crippen molar-refractivity contribution in [2.45, 2.75) is 38.8 Å². The number of anilines is 1. The summed E-state index contributed by atoms with van der Waals surface area (Å²) in [6, 6.07) is 4.78. The molecule has 0 bridgehead atoms. The summed E-state index contributed by atoms with van der Waals surface area (Å²) in [7, 11) is 4.26. The van der Waals surface area contributed by atoms with Gasteiger partial charge in [0.15, 0.2) is 5.82 Å². The minimum atomic E-state index is 0.573. The predicted molar refractivity (Wildman–Crippen MR) is 83.0 cm³/mol. The van der Waals surface area contributed by atoms with E-state index in [2.05, 4.69) is 58.5 Å². The van der Waals surface area contributed by atoms with Crippen molar-refractivity contribution in [3.05, 3.63) is 17.8 Å². The van der Waals surface area contributed by atoms with E-state index < -0.39 is 0 Å². The summed E-state index contributed by atoms with van der Waals surface area (Å²) < 4.78 is 0. The van der Waals surface area contributed by atoms with Crippen molar-refractivity contribution in [3.8, 4) is 0 Å². The number of nitrogens with one attached hydrogen (secondary N) is 1. The van der Waals surface area contributed by atoms with Crippen LogP contribution in [0.5, 0.6) is 0 Å². The average Bonchev–Trinajstić information content (AvgIpc) is 2.87. The molecule has 1 aliphatic rings. The molecule has 1 saturated heterocycles. The number of hydrogen-bond donors (Lipinski definition) is 1. The minimum absolute atomic E-state index is 0.573. The van der Waals surface area contributed by atoms with Crippen LogP contribution >= 0.6 is 0 Å². The molecule has 2 rings (SSSR count). The van der Waals surface area contributed by atoms with Gasteiger partial charge in [-0.2, -0.15) is 5.10 Å². The van der Waals surface area contributed by atoms with Crippen molar-refractivity contribution in [2.24, 2.45) is 0 Å². The Balaban J connectivity index is 1.94. The average molecular weight is 277 g/mol. The molecule has 1 aromatic heterocycles. The fourth-order valence-electron chi connectivity index (χ4n) is 2.74. The maximum absolute atomic E-state index is 4.41. The van der Waals surface area contributed by atoms with Crippen LogP contribution < -0.4 is 10.2 Å². The van der Waals surface area contributed by atoms with Crippen LogP contribution in [-0.2, 0) is 6.54 Å². The second-order valence-corrected chi connectivity index (χ2v) is 5.81. The normalized spacial score (nSPS) is 19.0. The second kappa shape index (κ2) is 7.55. The summed E-state index contributed by atoms with van der Waals surface area (Å²) >= 11 is 0. The quantitative estimate of drug-likeness (QED) is 0.765. The van der Waals surface area contributed by atoms with Gasteiger partial charge in [0.1, 0.15) is 0 Å². The van der Waals surface area contributed by atoms with Crippen molar-refractivity contribution < 1.29 is 0 Å². The number of aromatic nitrogens is 2. The molecule has 0 saturated carbocycles. The van der Waals surface area contributed by atoms with Crippen molar-refractivity contribution >= 4 is 5.82 Å². The Morgan fingerprint density at radius 2 is 2.20 bits per heavy atom. The van der Waals surface area contributed by atoms with Gasteiger partial charge in [-0.3, -0.25) is 0 Å². The number of hydrogen-bond acceptors (Lipinski definition) is 5. The Hall–Kier alpha value is -1.20. The Morgan fingerprint density at radius 3 is 2.85 bits per heavy atom. The third kappa shape index (κ3) is 4.15. The molecular formula is C15H27N5. The fourth-order valence-corrected chi connectivity index (χ4v) is 2.74. The van der Waals surface area contributed by atoms with Gasteiger partial charge >= 0.3 is 0 Å². The van der Waals surface area contributed by atoms with E-state index in [9.17, 15) is 0 Å². The van der Waals surface area contributed by atoms with Crippen LogP contribution in [-0.4, -0.2) is 54.9 Å². The predicted octanol–water partition coefficient (Wildman–Crippen LogP) is 1.51. The zero-order valence-corrected chi connectivity index (χ0v) is 13.0. The Morgan fingerprint density at radius 1 is 1.35 bits per heavy atom. The molecule has 1 aliphatic heterocycles. The molecule has 1 atom stereocenters. The van der Waals surface area contributed by atoms with Crippen molar-refractivity contribution in [2.75, 3.05) is 38.6 Å². The second-order valence-electron chi connectivity index (χ2n) is 5.81. The molecule has 0 spiro atoms. The van der Waals surface area contributed by atoms with Gasteiger partial charge in [0.05, 0.1) is 5.69 Å². The molecule has 0 aliphatic carbocycles. The lowest BCUT2D eigenvalue weighted by atomic mass is 10.2. The lowest BCUT2D eigenvalue weighted by Crippen LogP contribution is -2.38. The maximum Gasteiger partial charge on any atom is 0.151 e. The Labute approximate surface area is 122 Å². The van der Waals surface area contributed by atoms with Gasteiger partial charge in [0.2, 0.25) is 0 Å². The highest BCUT2D eigenvalue weighted by Crippen LogP contribution is 2.23. The van der Waals surface area contributed by atoms with Crippen molar-refractivity contribution in [1.82, 2.24) is 20.4 Å². The maximum atomic E-state index is 4.41.